The molecule has 0 aliphatic carbocycles. The van der Waals surface area contributed by atoms with Gasteiger partial charge in [-0.25, -0.2) is 0 Å². The quantitative estimate of drug-likeness (QED) is 0.443. The molecule has 0 N–H and O–H groups in total. The largest absolute Gasteiger partial charge is 0.298 e. The molecule has 1 aliphatic rings. The maximum Gasteiger partial charge on any atom is 0.151 e. The Balaban J connectivity index is 2.27. The van der Waals surface area contributed by atoms with Crippen molar-refractivity contribution in [3.63, 3.8) is 0 Å². The van der Waals surface area contributed by atoms with Gasteiger partial charge in [-0.15, -0.1) is 35.3 Å². The number of ketones is 1. The summed E-state index contributed by atoms with van der Waals surface area (Å²) in [7, 11) is 0. The molecule has 130 valence electrons. The van der Waals surface area contributed by atoms with Gasteiger partial charge in [-0.05, 0) is 48.7 Å². The van der Waals surface area contributed by atoms with Crippen LogP contribution in [-0.4, -0.2) is 37.5 Å². The smallest absolute Gasteiger partial charge is 0.151 e. The Morgan fingerprint density at radius 2 is 1.82 bits per heavy atom. The van der Waals surface area contributed by atoms with Gasteiger partial charge in [0.15, 0.2) is 5.78 Å². The third kappa shape index (κ3) is 6.90. The van der Waals surface area contributed by atoms with Crippen LogP contribution in [0.2, 0.25) is 0 Å². The predicted octanol–water partition coefficient (Wildman–Crippen LogP) is 6.17. The number of rotatable bonds is 9. The lowest BCUT2D eigenvalue weighted by Crippen LogP contribution is -2.30. The molecule has 0 amide bonds. The summed E-state index contributed by atoms with van der Waals surface area (Å²) in [5.74, 6) is 5.39. The van der Waals surface area contributed by atoms with Gasteiger partial charge in [-0.3, -0.25) is 4.79 Å². The fraction of sp³-hybridized carbons (Fsp3) is 0.941. The predicted molar refractivity (Wildman–Crippen MR) is 111 cm³/mol. The second kappa shape index (κ2) is 10.1. The summed E-state index contributed by atoms with van der Waals surface area (Å²) in [6, 6.07) is 0. The molecule has 1 unspecified atom stereocenters. The van der Waals surface area contributed by atoms with Gasteiger partial charge in [-0.2, -0.15) is 11.8 Å². The molecule has 1 saturated heterocycles. The third-order valence-corrected chi connectivity index (χ3v) is 11.0. The number of Topliss-reactive ketones (excluding diaryl/α,β-unsaturated/α-hetero) is 1. The summed E-state index contributed by atoms with van der Waals surface area (Å²) >= 11 is 8.32. The van der Waals surface area contributed by atoms with Crippen molar-refractivity contribution >= 4 is 52.8 Å². The molecule has 0 bridgehead atoms. The van der Waals surface area contributed by atoms with Gasteiger partial charge in [0.2, 0.25) is 0 Å². The zero-order chi connectivity index (χ0) is 16.6. The van der Waals surface area contributed by atoms with Crippen molar-refractivity contribution in [3.8, 4) is 0 Å². The lowest BCUT2D eigenvalue weighted by Gasteiger charge is -2.34. The number of carbonyl (C=O) groups excluding carboxylic acids is 1. The Morgan fingerprint density at radius 1 is 1.18 bits per heavy atom. The molecule has 1 fully saturated rings. The molecule has 0 aromatic heterocycles. The van der Waals surface area contributed by atoms with Crippen LogP contribution < -0.4 is 0 Å². The van der Waals surface area contributed by atoms with Gasteiger partial charge in [0.1, 0.15) is 3.41 Å². The first-order chi connectivity index (χ1) is 10.3. The highest BCUT2D eigenvalue weighted by atomic mass is 32.3. The highest BCUT2D eigenvalue weighted by molar-refractivity contribution is 8.34. The summed E-state index contributed by atoms with van der Waals surface area (Å²) in [5.41, 5.74) is -0.204. The van der Waals surface area contributed by atoms with E-state index in [2.05, 4.69) is 49.1 Å². The minimum Gasteiger partial charge on any atom is -0.298 e. The van der Waals surface area contributed by atoms with E-state index in [9.17, 15) is 4.79 Å². The second-order valence-electron chi connectivity index (χ2n) is 6.67. The first-order valence-electron chi connectivity index (χ1n) is 8.42. The molecule has 0 saturated carbocycles. The van der Waals surface area contributed by atoms with E-state index in [4.69, 9.17) is 0 Å². The van der Waals surface area contributed by atoms with Crippen LogP contribution >= 0.6 is 47.0 Å². The van der Waals surface area contributed by atoms with E-state index >= 15 is 0 Å². The van der Waals surface area contributed by atoms with Gasteiger partial charge in [0, 0.05) is 5.41 Å². The van der Waals surface area contributed by atoms with E-state index in [1.807, 2.05) is 32.5 Å². The summed E-state index contributed by atoms with van der Waals surface area (Å²) in [6.07, 6.45) is 4.78. The van der Waals surface area contributed by atoms with Crippen LogP contribution in [0.3, 0.4) is 0 Å². The molecule has 0 aromatic carbocycles. The normalized spacial score (nSPS) is 19.9. The van der Waals surface area contributed by atoms with Gasteiger partial charge in [0.05, 0.1) is 5.25 Å². The lowest BCUT2D eigenvalue weighted by atomic mass is 9.88. The first kappa shape index (κ1) is 21.1. The molecule has 0 radical (unpaired) electrons. The van der Waals surface area contributed by atoms with Crippen molar-refractivity contribution in [2.24, 2.45) is 5.41 Å². The van der Waals surface area contributed by atoms with Gasteiger partial charge in [0.25, 0.3) is 0 Å². The maximum absolute atomic E-state index is 12.4. The lowest BCUT2D eigenvalue weighted by molar-refractivity contribution is -0.125. The van der Waals surface area contributed by atoms with Gasteiger partial charge < -0.3 is 0 Å². The minimum atomic E-state index is -0.204. The highest BCUT2D eigenvalue weighted by Gasteiger charge is 2.32. The van der Waals surface area contributed by atoms with Crippen molar-refractivity contribution in [3.05, 3.63) is 0 Å². The summed E-state index contributed by atoms with van der Waals surface area (Å²) < 4.78 is 0.411. The zero-order valence-corrected chi connectivity index (χ0v) is 18.0. The Labute approximate surface area is 154 Å². The molecule has 1 nitrogen and oxygen atoms in total. The molecular weight excluding hydrogens is 348 g/mol. The van der Waals surface area contributed by atoms with Crippen molar-refractivity contribution in [1.29, 1.82) is 0 Å². The van der Waals surface area contributed by atoms with E-state index in [0.29, 0.717) is 9.19 Å². The Hall–Kier alpha value is 1.07. The van der Waals surface area contributed by atoms with Crippen LogP contribution in [0.4, 0.5) is 0 Å². The second-order valence-corrected chi connectivity index (χ2v) is 12.9. The van der Waals surface area contributed by atoms with Crippen LogP contribution in [0.5, 0.6) is 0 Å². The summed E-state index contributed by atoms with van der Waals surface area (Å²) in [6.45, 7) is 10.6. The first-order valence-corrected chi connectivity index (χ1v) is 12.4. The van der Waals surface area contributed by atoms with E-state index in [-0.39, 0.29) is 10.7 Å². The molecule has 1 aliphatic heterocycles. The third-order valence-electron chi connectivity index (χ3n) is 3.70. The fourth-order valence-corrected chi connectivity index (χ4v) is 8.93. The van der Waals surface area contributed by atoms with Crippen LogP contribution in [0.1, 0.15) is 60.3 Å². The van der Waals surface area contributed by atoms with Crippen LogP contribution in [0.15, 0.2) is 0 Å². The zero-order valence-electron chi connectivity index (χ0n) is 14.8. The Kier molecular flexibility index (Phi) is 9.74. The number of thioether (sulfide) groups is 4. The fourth-order valence-electron chi connectivity index (χ4n) is 2.32. The van der Waals surface area contributed by atoms with Gasteiger partial charge in [-0.1, -0.05) is 34.6 Å². The molecule has 22 heavy (non-hydrogen) atoms. The van der Waals surface area contributed by atoms with E-state index in [0.717, 1.165) is 12.2 Å². The van der Waals surface area contributed by atoms with E-state index < -0.39 is 0 Å². The molecule has 1 atom stereocenters. The number of hydrogen-bond donors (Lipinski definition) is 0. The summed E-state index contributed by atoms with van der Waals surface area (Å²) in [4.78, 5) is 12.4. The van der Waals surface area contributed by atoms with Crippen molar-refractivity contribution in [2.75, 3.05) is 23.0 Å². The van der Waals surface area contributed by atoms with E-state index in [1.54, 1.807) is 0 Å². The van der Waals surface area contributed by atoms with Crippen LogP contribution in [0.25, 0.3) is 0 Å². The SMILES string of the molecule is CCC(SCCCSC1(CC)SCCCS1)C(=O)C(C)(C)C. The molecule has 0 spiro atoms. The van der Waals surface area contributed by atoms with Crippen molar-refractivity contribution in [1.82, 2.24) is 0 Å². The maximum atomic E-state index is 12.4. The summed E-state index contributed by atoms with van der Waals surface area (Å²) in [5, 5.41) is 0.184. The van der Waals surface area contributed by atoms with Crippen LogP contribution in [-0.2, 0) is 4.79 Å². The average Bonchev–Trinajstić information content (AvgIpc) is 2.50. The van der Waals surface area contributed by atoms with E-state index in [1.165, 1.54) is 36.5 Å². The highest BCUT2D eigenvalue weighted by Crippen LogP contribution is 2.52. The van der Waals surface area contributed by atoms with Gasteiger partial charge >= 0.3 is 0 Å². The Morgan fingerprint density at radius 3 is 2.32 bits per heavy atom. The Bertz CT molecular complexity index is 332. The number of carbonyl (C=O) groups is 1. The molecule has 1 rings (SSSR count). The van der Waals surface area contributed by atoms with Crippen molar-refractivity contribution in [2.45, 2.75) is 69.0 Å². The molecule has 0 aromatic rings. The monoisotopic (exact) mass is 380 g/mol. The van der Waals surface area contributed by atoms with Crippen molar-refractivity contribution < 1.29 is 4.79 Å². The number of hydrogen-bond acceptors (Lipinski definition) is 5. The molecule has 1 heterocycles. The average molecular weight is 381 g/mol. The minimum absolute atomic E-state index is 0.184. The van der Waals surface area contributed by atoms with Crippen LogP contribution in [0, 0.1) is 5.41 Å². The molecule has 5 heteroatoms. The molecular formula is C17H32OS4. The standard InChI is InChI=1S/C17H32OS4/c1-6-14(15(18)16(3,4)5)19-10-8-11-20-17(7-2)21-12-9-13-22-17/h14H,6-13H2,1-5H3. The topological polar surface area (TPSA) is 17.1 Å².